The Morgan fingerprint density at radius 1 is 1.64 bits per heavy atom. The van der Waals surface area contributed by atoms with Crippen LogP contribution in [0.4, 0.5) is 0 Å². The predicted molar refractivity (Wildman–Crippen MR) is 58.4 cm³/mol. The minimum absolute atomic E-state index is 0.805. The van der Waals surface area contributed by atoms with Crippen molar-refractivity contribution in [2.45, 2.75) is 43.1 Å². The van der Waals surface area contributed by atoms with Crippen LogP contribution >= 0.6 is 22.6 Å². The zero-order chi connectivity index (χ0) is 8.27. The molecular formula is C9H18IN. The number of nitrogens with zero attached hydrogens (tertiary/aromatic N) is 1. The second-order valence-corrected chi connectivity index (χ2v) is 5.61. The van der Waals surface area contributed by atoms with Gasteiger partial charge in [-0.25, -0.2) is 0 Å². The molecule has 1 rings (SSSR count). The molecule has 0 aromatic carbocycles. The first-order valence-corrected chi connectivity index (χ1v) is 5.86. The lowest BCUT2D eigenvalue weighted by Crippen LogP contribution is -2.32. The molecule has 0 aromatic heterocycles. The molecule has 2 atom stereocenters. The Labute approximate surface area is 83.7 Å². The second kappa shape index (κ2) is 4.65. The molecule has 2 heteroatoms. The normalized spacial score (nSPS) is 29.2. The van der Waals surface area contributed by atoms with Crippen LogP contribution in [0, 0.1) is 0 Å². The molecule has 0 spiro atoms. The maximum atomic E-state index is 2.65. The molecule has 0 aromatic rings. The van der Waals surface area contributed by atoms with E-state index >= 15 is 0 Å². The highest BCUT2D eigenvalue weighted by Gasteiger charge is 2.22. The maximum Gasteiger partial charge on any atom is 0.0209 e. The highest BCUT2D eigenvalue weighted by molar-refractivity contribution is 14.1. The number of alkyl halides is 1. The third kappa shape index (κ3) is 2.90. The van der Waals surface area contributed by atoms with Gasteiger partial charge in [-0.3, -0.25) is 4.90 Å². The van der Waals surface area contributed by atoms with E-state index in [1.165, 1.54) is 32.4 Å². The summed E-state index contributed by atoms with van der Waals surface area (Å²) in [5.74, 6) is 0. The molecule has 0 N–H and O–H groups in total. The van der Waals surface area contributed by atoms with Gasteiger partial charge < -0.3 is 0 Å². The first kappa shape index (κ1) is 9.78. The summed E-state index contributed by atoms with van der Waals surface area (Å²) in [7, 11) is 0. The van der Waals surface area contributed by atoms with Crippen molar-refractivity contribution in [1.29, 1.82) is 0 Å². The Morgan fingerprint density at radius 2 is 2.36 bits per heavy atom. The Bertz CT molecular complexity index is 114. The molecule has 1 heterocycles. The molecule has 0 amide bonds. The number of rotatable bonds is 3. The second-order valence-electron chi connectivity index (χ2n) is 3.48. The van der Waals surface area contributed by atoms with Gasteiger partial charge in [-0.15, -0.1) is 0 Å². The van der Waals surface area contributed by atoms with E-state index in [1.807, 2.05) is 0 Å². The van der Waals surface area contributed by atoms with Crippen molar-refractivity contribution in [1.82, 2.24) is 4.90 Å². The summed E-state index contributed by atoms with van der Waals surface area (Å²) in [6.07, 6.45) is 4.19. The number of hydrogen-bond acceptors (Lipinski definition) is 1. The minimum Gasteiger partial charge on any atom is -0.299 e. The third-order valence-corrected chi connectivity index (χ3v) is 2.85. The standard InChI is InChI=1S/C9H18IN/c1-3-9-5-4-6-11(9)7-8(2)10/h8-9H,3-7H2,1-2H3/t8-,9?/m0/s1. The maximum absolute atomic E-state index is 2.65. The van der Waals surface area contributed by atoms with Crippen molar-refractivity contribution in [3.63, 3.8) is 0 Å². The number of likely N-dealkylation sites (tertiary alicyclic amines) is 1. The van der Waals surface area contributed by atoms with Crippen LogP contribution in [-0.2, 0) is 0 Å². The van der Waals surface area contributed by atoms with Crippen LogP contribution in [0.15, 0.2) is 0 Å². The van der Waals surface area contributed by atoms with Crippen LogP contribution in [0.25, 0.3) is 0 Å². The summed E-state index contributed by atoms with van der Waals surface area (Å²) in [5.41, 5.74) is 0. The van der Waals surface area contributed by atoms with E-state index in [9.17, 15) is 0 Å². The highest BCUT2D eigenvalue weighted by atomic mass is 127. The van der Waals surface area contributed by atoms with Gasteiger partial charge in [0.25, 0.3) is 0 Å². The summed E-state index contributed by atoms with van der Waals surface area (Å²) < 4.78 is 0.805. The van der Waals surface area contributed by atoms with Crippen molar-refractivity contribution in [3.8, 4) is 0 Å². The van der Waals surface area contributed by atoms with E-state index in [0.29, 0.717) is 0 Å². The van der Waals surface area contributed by atoms with Gasteiger partial charge in [-0.2, -0.15) is 0 Å². The molecule has 1 unspecified atom stereocenters. The smallest absolute Gasteiger partial charge is 0.0209 e. The zero-order valence-electron chi connectivity index (χ0n) is 7.52. The SMILES string of the molecule is CCC1CCCN1C[C@H](C)I. The van der Waals surface area contributed by atoms with Gasteiger partial charge in [0.15, 0.2) is 0 Å². The lowest BCUT2D eigenvalue weighted by Gasteiger charge is -2.24. The van der Waals surface area contributed by atoms with Gasteiger partial charge in [0.2, 0.25) is 0 Å². The molecule has 0 bridgehead atoms. The fraction of sp³-hybridized carbons (Fsp3) is 1.00. The first-order chi connectivity index (χ1) is 5.24. The van der Waals surface area contributed by atoms with E-state index in [-0.39, 0.29) is 0 Å². The van der Waals surface area contributed by atoms with Crippen LogP contribution < -0.4 is 0 Å². The molecule has 0 radical (unpaired) electrons. The first-order valence-electron chi connectivity index (χ1n) is 4.62. The molecule has 0 saturated carbocycles. The van der Waals surface area contributed by atoms with Crippen molar-refractivity contribution < 1.29 is 0 Å². The summed E-state index contributed by atoms with van der Waals surface area (Å²) in [5, 5.41) is 0. The molecule has 1 fully saturated rings. The fourth-order valence-corrected chi connectivity index (χ4v) is 2.43. The van der Waals surface area contributed by atoms with Crippen LogP contribution in [0.5, 0.6) is 0 Å². The predicted octanol–water partition coefficient (Wildman–Crippen LogP) is 2.68. The van der Waals surface area contributed by atoms with Gasteiger partial charge in [0.05, 0.1) is 0 Å². The van der Waals surface area contributed by atoms with Crippen molar-refractivity contribution in [2.24, 2.45) is 0 Å². The van der Waals surface area contributed by atoms with Gasteiger partial charge in [0, 0.05) is 16.5 Å². The highest BCUT2D eigenvalue weighted by Crippen LogP contribution is 2.20. The Hall–Kier alpha value is 0.690. The number of hydrogen-bond donors (Lipinski definition) is 0. The summed E-state index contributed by atoms with van der Waals surface area (Å²) in [4.78, 5) is 2.65. The van der Waals surface area contributed by atoms with E-state index in [0.717, 1.165) is 9.97 Å². The Kier molecular flexibility index (Phi) is 4.13. The third-order valence-electron chi connectivity index (χ3n) is 2.46. The molecule has 1 saturated heterocycles. The molecule has 0 aliphatic carbocycles. The molecule has 1 nitrogen and oxygen atoms in total. The molecule has 66 valence electrons. The number of halogens is 1. The zero-order valence-corrected chi connectivity index (χ0v) is 9.67. The molecule has 1 aliphatic rings. The minimum atomic E-state index is 0.805. The topological polar surface area (TPSA) is 3.24 Å². The van der Waals surface area contributed by atoms with Crippen molar-refractivity contribution in [3.05, 3.63) is 0 Å². The lowest BCUT2D eigenvalue weighted by molar-refractivity contribution is 0.254. The van der Waals surface area contributed by atoms with Crippen LogP contribution in [0.2, 0.25) is 0 Å². The lowest BCUT2D eigenvalue weighted by atomic mass is 10.2. The summed E-state index contributed by atoms with van der Waals surface area (Å²) in [6, 6.07) is 0.896. The van der Waals surface area contributed by atoms with Gasteiger partial charge >= 0.3 is 0 Å². The molecular weight excluding hydrogens is 249 g/mol. The Balaban J connectivity index is 2.31. The van der Waals surface area contributed by atoms with Gasteiger partial charge in [-0.1, -0.05) is 36.4 Å². The van der Waals surface area contributed by atoms with Gasteiger partial charge in [-0.05, 0) is 25.8 Å². The van der Waals surface area contributed by atoms with E-state index in [4.69, 9.17) is 0 Å². The quantitative estimate of drug-likeness (QED) is 0.561. The van der Waals surface area contributed by atoms with Crippen molar-refractivity contribution in [2.75, 3.05) is 13.1 Å². The summed E-state index contributed by atoms with van der Waals surface area (Å²) in [6.45, 7) is 7.23. The molecule has 1 aliphatic heterocycles. The van der Waals surface area contributed by atoms with Crippen molar-refractivity contribution >= 4 is 22.6 Å². The molecule has 11 heavy (non-hydrogen) atoms. The average Bonchev–Trinajstić information content (AvgIpc) is 2.34. The van der Waals surface area contributed by atoms with Gasteiger partial charge in [0.1, 0.15) is 0 Å². The average molecular weight is 267 g/mol. The Morgan fingerprint density at radius 3 is 2.91 bits per heavy atom. The van der Waals surface area contributed by atoms with E-state index in [1.54, 1.807) is 0 Å². The fourth-order valence-electron chi connectivity index (χ4n) is 1.92. The van der Waals surface area contributed by atoms with Crippen LogP contribution in [0.3, 0.4) is 0 Å². The van der Waals surface area contributed by atoms with E-state index < -0.39 is 0 Å². The van der Waals surface area contributed by atoms with E-state index in [2.05, 4.69) is 41.3 Å². The monoisotopic (exact) mass is 267 g/mol. The van der Waals surface area contributed by atoms with Crippen LogP contribution in [-0.4, -0.2) is 28.0 Å². The largest absolute Gasteiger partial charge is 0.299 e. The summed E-state index contributed by atoms with van der Waals surface area (Å²) >= 11 is 2.52. The van der Waals surface area contributed by atoms with Crippen LogP contribution in [0.1, 0.15) is 33.1 Å².